The van der Waals surface area contributed by atoms with Crippen molar-refractivity contribution >= 4 is 5.69 Å². The van der Waals surface area contributed by atoms with E-state index < -0.39 is 17.6 Å². The summed E-state index contributed by atoms with van der Waals surface area (Å²) in [6, 6.07) is 8.80. The minimum atomic E-state index is -4.44. The molecule has 0 unspecified atom stereocenters. The molecule has 0 saturated heterocycles. The van der Waals surface area contributed by atoms with Crippen molar-refractivity contribution in [1.29, 1.82) is 0 Å². The highest BCUT2D eigenvalue weighted by Crippen LogP contribution is 2.31. The Kier molecular flexibility index (Phi) is 3.83. The molecule has 0 fully saturated rings. The summed E-state index contributed by atoms with van der Waals surface area (Å²) in [6.07, 6.45) is -4.44. The van der Waals surface area contributed by atoms with Gasteiger partial charge >= 0.3 is 6.18 Å². The third-order valence-corrected chi connectivity index (χ3v) is 2.66. The SMILES string of the molecule is Nc1cccc(COc2cccc(C(F)(F)F)c2)c1F. The molecule has 106 valence electrons. The van der Waals surface area contributed by atoms with E-state index in [1.165, 1.54) is 24.3 Å². The van der Waals surface area contributed by atoms with Crippen molar-refractivity contribution < 1.29 is 22.3 Å². The molecule has 0 aromatic heterocycles. The van der Waals surface area contributed by atoms with Crippen LogP contribution in [0.1, 0.15) is 11.1 Å². The predicted molar refractivity (Wildman–Crippen MR) is 66.6 cm³/mol. The first-order valence-electron chi connectivity index (χ1n) is 5.71. The van der Waals surface area contributed by atoms with Crippen LogP contribution in [0.5, 0.6) is 5.75 Å². The quantitative estimate of drug-likeness (QED) is 0.683. The summed E-state index contributed by atoms with van der Waals surface area (Å²) in [7, 11) is 0. The van der Waals surface area contributed by atoms with Gasteiger partial charge in [0.15, 0.2) is 5.82 Å². The molecule has 0 spiro atoms. The second-order valence-corrected chi connectivity index (χ2v) is 4.13. The first kappa shape index (κ1) is 14.2. The van der Waals surface area contributed by atoms with Crippen LogP contribution < -0.4 is 10.5 Å². The summed E-state index contributed by atoms with van der Waals surface area (Å²) in [5.74, 6) is -0.610. The van der Waals surface area contributed by atoms with Gasteiger partial charge in [0.05, 0.1) is 11.3 Å². The molecule has 20 heavy (non-hydrogen) atoms. The lowest BCUT2D eigenvalue weighted by atomic mass is 10.2. The molecule has 2 N–H and O–H groups in total. The van der Waals surface area contributed by atoms with E-state index in [0.29, 0.717) is 0 Å². The molecular formula is C14H11F4NO. The lowest BCUT2D eigenvalue weighted by Crippen LogP contribution is -2.06. The van der Waals surface area contributed by atoms with Crippen LogP contribution in [0.2, 0.25) is 0 Å². The number of hydrogen-bond acceptors (Lipinski definition) is 2. The largest absolute Gasteiger partial charge is 0.489 e. The van der Waals surface area contributed by atoms with Crippen LogP contribution in [-0.2, 0) is 12.8 Å². The molecule has 2 rings (SSSR count). The summed E-state index contributed by atoms with van der Waals surface area (Å²) in [5, 5.41) is 0. The van der Waals surface area contributed by atoms with Gasteiger partial charge in [-0.3, -0.25) is 0 Å². The molecule has 2 aromatic rings. The first-order chi connectivity index (χ1) is 9.38. The van der Waals surface area contributed by atoms with Gasteiger partial charge in [-0.05, 0) is 24.3 Å². The Morgan fingerprint density at radius 2 is 1.75 bits per heavy atom. The number of rotatable bonds is 3. The average molecular weight is 285 g/mol. The van der Waals surface area contributed by atoms with Gasteiger partial charge in [-0.2, -0.15) is 13.2 Å². The van der Waals surface area contributed by atoms with Crippen LogP contribution in [-0.4, -0.2) is 0 Å². The fourth-order valence-corrected chi connectivity index (χ4v) is 1.63. The molecule has 0 aliphatic heterocycles. The zero-order valence-corrected chi connectivity index (χ0v) is 10.2. The van der Waals surface area contributed by atoms with E-state index in [-0.39, 0.29) is 23.6 Å². The summed E-state index contributed by atoms with van der Waals surface area (Å²) < 4.78 is 56.3. The number of ether oxygens (including phenoxy) is 1. The minimum absolute atomic E-state index is 0.0154. The van der Waals surface area contributed by atoms with Crippen LogP contribution >= 0.6 is 0 Å². The maximum absolute atomic E-state index is 13.6. The summed E-state index contributed by atoms with van der Waals surface area (Å²) in [5.41, 5.74) is 4.73. The first-order valence-corrected chi connectivity index (χ1v) is 5.71. The Morgan fingerprint density at radius 1 is 1.05 bits per heavy atom. The molecule has 0 aliphatic carbocycles. The Bertz CT molecular complexity index is 610. The lowest BCUT2D eigenvalue weighted by Gasteiger charge is -2.11. The van der Waals surface area contributed by atoms with Gasteiger partial charge in [-0.15, -0.1) is 0 Å². The van der Waals surface area contributed by atoms with E-state index in [1.807, 2.05) is 0 Å². The van der Waals surface area contributed by atoms with Gasteiger partial charge in [0, 0.05) is 5.56 Å². The van der Waals surface area contributed by atoms with Crippen molar-refractivity contribution in [2.24, 2.45) is 0 Å². The molecule has 0 bridgehead atoms. The fraction of sp³-hybridized carbons (Fsp3) is 0.143. The summed E-state index contributed by atoms with van der Waals surface area (Å²) in [4.78, 5) is 0. The molecule has 0 atom stereocenters. The van der Waals surface area contributed by atoms with E-state index in [1.54, 1.807) is 6.07 Å². The van der Waals surface area contributed by atoms with Gasteiger partial charge in [0.2, 0.25) is 0 Å². The summed E-state index contributed by atoms with van der Waals surface area (Å²) >= 11 is 0. The lowest BCUT2D eigenvalue weighted by molar-refractivity contribution is -0.137. The highest BCUT2D eigenvalue weighted by atomic mass is 19.4. The van der Waals surface area contributed by atoms with Crippen molar-refractivity contribution in [2.75, 3.05) is 5.73 Å². The molecule has 0 heterocycles. The van der Waals surface area contributed by atoms with Crippen LogP contribution in [0.3, 0.4) is 0 Å². The second-order valence-electron chi connectivity index (χ2n) is 4.13. The predicted octanol–water partition coefficient (Wildman–Crippen LogP) is 4.01. The third kappa shape index (κ3) is 3.20. The zero-order chi connectivity index (χ0) is 14.8. The van der Waals surface area contributed by atoms with E-state index in [2.05, 4.69) is 0 Å². The van der Waals surface area contributed by atoms with E-state index in [4.69, 9.17) is 10.5 Å². The van der Waals surface area contributed by atoms with Crippen LogP contribution in [0.4, 0.5) is 23.2 Å². The Balaban J connectivity index is 2.13. The van der Waals surface area contributed by atoms with Gasteiger partial charge in [0.1, 0.15) is 12.4 Å². The Hall–Kier alpha value is -2.24. The van der Waals surface area contributed by atoms with Crippen molar-refractivity contribution in [1.82, 2.24) is 0 Å². The zero-order valence-electron chi connectivity index (χ0n) is 10.2. The summed E-state index contributed by atoms with van der Waals surface area (Å²) in [6.45, 7) is -0.196. The number of nitrogen functional groups attached to an aromatic ring is 1. The van der Waals surface area contributed by atoms with E-state index in [9.17, 15) is 17.6 Å². The number of anilines is 1. The highest BCUT2D eigenvalue weighted by molar-refractivity contribution is 5.42. The Morgan fingerprint density at radius 3 is 2.45 bits per heavy atom. The fourth-order valence-electron chi connectivity index (χ4n) is 1.63. The topological polar surface area (TPSA) is 35.2 Å². The molecule has 2 aromatic carbocycles. The molecule has 6 heteroatoms. The molecule has 0 radical (unpaired) electrons. The molecule has 0 amide bonds. The normalized spacial score (nSPS) is 11.4. The Labute approximate surface area is 112 Å². The van der Waals surface area contributed by atoms with Crippen LogP contribution in [0.25, 0.3) is 0 Å². The second kappa shape index (κ2) is 5.40. The third-order valence-electron chi connectivity index (χ3n) is 2.66. The van der Waals surface area contributed by atoms with Gasteiger partial charge < -0.3 is 10.5 Å². The van der Waals surface area contributed by atoms with Crippen molar-refractivity contribution in [3.8, 4) is 5.75 Å². The van der Waals surface area contributed by atoms with Crippen molar-refractivity contribution in [3.63, 3.8) is 0 Å². The van der Waals surface area contributed by atoms with Gasteiger partial charge in [-0.1, -0.05) is 18.2 Å². The molecular weight excluding hydrogens is 274 g/mol. The number of nitrogens with two attached hydrogens (primary N) is 1. The van der Waals surface area contributed by atoms with Crippen molar-refractivity contribution in [3.05, 3.63) is 59.4 Å². The smallest absolute Gasteiger partial charge is 0.416 e. The molecule has 2 nitrogen and oxygen atoms in total. The number of halogens is 4. The highest BCUT2D eigenvalue weighted by Gasteiger charge is 2.30. The number of hydrogen-bond donors (Lipinski definition) is 1. The standard InChI is InChI=1S/C14H11F4NO/c15-13-9(3-1-6-12(13)19)8-20-11-5-2-4-10(7-11)14(16,17)18/h1-7H,8,19H2. The average Bonchev–Trinajstić information content (AvgIpc) is 2.40. The number of alkyl halides is 3. The maximum atomic E-state index is 13.6. The van der Waals surface area contributed by atoms with Gasteiger partial charge in [-0.25, -0.2) is 4.39 Å². The van der Waals surface area contributed by atoms with E-state index in [0.717, 1.165) is 12.1 Å². The van der Waals surface area contributed by atoms with Crippen molar-refractivity contribution in [2.45, 2.75) is 12.8 Å². The van der Waals surface area contributed by atoms with Crippen LogP contribution in [0, 0.1) is 5.82 Å². The van der Waals surface area contributed by atoms with Gasteiger partial charge in [0.25, 0.3) is 0 Å². The minimum Gasteiger partial charge on any atom is -0.489 e. The van der Waals surface area contributed by atoms with E-state index >= 15 is 0 Å². The molecule has 0 aliphatic rings. The molecule has 0 saturated carbocycles. The number of benzene rings is 2. The van der Waals surface area contributed by atoms with Crippen LogP contribution in [0.15, 0.2) is 42.5 Å². The monoisotopic (exact) mass is 285 g/mol. The maximum Gasteiger partial charge on any atom is 0.416 e.